The van der Waals surface area contributed by atoms with Crippen LogP contribution in [0.25, 0.3) is 0 Å². The van der Waals surface area contributed by atoms with E-state index in [0.717, 1.165) is 16.4 Å². The summed E-state index contributed by atoms with van der Waals surface area (Å²) in [6, 6.07) is 7.57. The number of anilines is 2. The maximum atomic E-state index is 11.9. The largest absolute Gasteiger partial charge is 0.444 e. The highest BCUT2D eigenvalue weighted by atomic mass is 32.1. The van der Waals surface area contributed by atoms with Crippen molar-refractivity contribution in [1.82, 2.24) is 4.98 Å². The van der Waals surface area contributed by atoms with Crippen LogP contribution < -0.4 is 10.6 Å². The summed E-state index contributed by atoms with van der Waals surface area (Å²) in [4.78, 5) is 17.6. The number of rotatable bonds is 4. The summed E-state index contributed by atoms with van der Waals surface area (Å²) in [5.41, 5.74) is 2.06. The lowest BCUT2D eigenvalue weighted by molar-refractivity contribution is 0.0636. The molecule has 0 radical (unpaired) electrons. The van der Waals surface area contributed by atoms with Crippen LogP contribution in [0.4, 0.5) is 16.2 Å². The van der Waals surface area contributed by atoms with Crippen molar-refractivity contribution in [3.8, 4) is 0 Å². The van der Waals surface area contributed by atoms with E-state index in [1.165, 1.54) is 4.88 Å². The van der Waals surface area contributed by atoms with Gasteiger partial charge in [0.15, 0.2) is 0 Å². The number of ether oxygens (including phenoxy) is 1. The van der Waals surface area contributed by atoms with Gasteiger partial charge in [-0.3, -0.25) is 5.32 Å². The second kappa shape index (κ2) is 7.00. The first-order valence-electron chi connectivity index (χ1n) is 7.50. The maximum Gasteiger partial charge on any atom is 0.412 e. The smallest absolute Gasteiger partial charge is 0.412 e. The van der Waals surface area contributed by atoms with Gasteiger partial charge in [0.25, 0.3) is 0 Å². The Kier molecular flexibility index (Phi) is 5.26. The molecular weight excluding hydrogens is 310 g/mol. The highest BCUT2D eigenvalue weighted by Gasteiger charge is 2.17. The molecule has 0 spiro atoms. The molecule has 0 fully saturated rings. The van der Waals surface area contributed by atoms with Gasteiger partial charge in [0.05, 0.1) is 28.6 Å². The van der Waals surface area contributed by atoms with E-state index in [2.05, 4.69) is 15.6 Å². The van der Waals surface area contributed by atoms with Crippen LogP contribution in [0.3, 0.4) is 0 Å². The number of nitrogens with one attached hydrogen (secondary N) is 2. The van der Waals surface area contributed by atoms with Crippen molar-refractivity contribution in [1.29, 1.82) is 0 Å². The normalized spacial score (nSPS) is 11.2. The van der Waals surface area contributed by atoms with Crippen molar-refractivity contribution >= 4 is 28.8 Å². The molecule has 0 unspecified atom stereocenters. The molecule has 0 saturated heterocycles. The fourth-order valence-electron chi connectivity index (χ4n) is 2.07. The van der Waals surface area contributed by atoms with Gasteiger partial charge in [0.2, 0.25) is 0 Å². The Morgan fingerprint density at radius 1 is 1.22 bits per heavy atom. The molecule has 1 aromatic carbocycles. The lowest BCUT2D eigenvalue weighted by atomic mass is 10.2. The number of benzene rings is 1. The highest BCUT2D eigenvalue weighted by molar-refractivity contribution is 7.11. The Balaban J connectivity index is 2.05. The van der Waals surface area contributed by atoms with Crippen LogP contribution in [-0.2, 0) is 11.3 Å². The molecule has 5 nitrogen and oxygen atoms in total. The summed E-state index contributed by atoms with van der Waals surface area (Å²) in [6.07, 6.45) is -0.462. The summed E-state index contributed by atoms with van der Waals surface area (Å²) in [7, 11) is 0. The molecule has 2 N–H and O–H groups in total. The van der Waals surface area contributed by atoms with Crippen molar-refractivity contribution in [3.05, 3.63) is 39.8 Å². The predicted octanol–water partition coefficient (Wildman–Crippen LogP) is 4.72. The van der Waals surface area contributed by atoms with E-state index in [1.807, 2.05) is 58.9 Å². The topological polar surface area (TPSA) is 63.2 Å². The second-order valence-electron chi connectivity index (χ2n) is 6.27. The minimum atomic E-state index is -0.524. The number of aryl methyl sites for hydroxylation is 2. The number of hydrogen-bond acceptors (Lipinski definition) is 5. The van der Waals surface area contributed by atoms with E-state index in [9.17, 15) is 4.79 Å². The molecule has 0 aliphatic rings. The van der Waals surface area contributed by atoms with Crippen LogP contribution in [0, 0.1) is 13.8 Å². The van der Waals surface area contributed by atoms with E-state index in [1.54, 1.807) is 11.3 Å². The average molecular weight is 333 g/mol. The Labute approximate surface area is 141 Å². The number of para-hydroxylation sites is 2. The SMILES string of the molecule is Cc1nc(C)c(CNc2ccccc2NC(=O)OC(C)(C)C)s1. The van der Waals surface area contributed by atoms with Crippen LogP contribution in [0.1, 0.15) is 36.3 Å². The van der Waals surface area contributed by atoms with Crippen LogP contribution >= 0.6 is 11.3 Å². The van der Waals surface area contributed by atoms with Crippen LogP contribution in [0.15, 0.2) is 24.3 Å². The number of carbonyl (C=O) groups excluding carboxylic acids is 1. The van der Waals surface area contributed by atoms with Crippen LogP contribution in [0.5, 0.6) is 0 Å². The average Bonchev–Trinajstić information content (AvgIpc) is 2.74. The molecule has 6 heteroatoms. The first-order chi connectivity index (χ1) is 10.7. The molecule has 2 rings (SSSR count). The number of aromatic nitrogens is 1. The van der Waals surface area contributed by atoms with Gasteiger partial charge in [-0.25, -0.2) is 9.78 Å². The van der Waals surface area contributed by atoms with Crippen LogP contribution in [-0.4, -0.2) is 16.7 Å². The van der Waals surface area contributed by atoms with Gasteiger partial charge in [-0.2, -0.15) is 0 Å². The summed E-state index contributed by atoms with van der Waals surface area (Å²) >= 11 is 1.68. The molecule has 1 aromatic heterocycles. The molecule has 0 saturated carbocycles. The minimum Gasteiger partial charge on any atom is -0.444 e. The summed E-state index contributed by atoms with van der Waals surface area (Å²) < 4.78 is 5.30. The van der Waals surface area contributed by atoms with Gasteiger partial charge in [-0.15, -0.1) is 11.3 Å². The Morgan fingerprint density at radius 2 is 1.87 bits per heavy atom. The lowest BCUT2D eigenvalue weighted by Gasteiger charge is -2.20. The fourth-order valence-corrected chi connectivity index (χ4v) is 2.95. The summed E-state index contributed by atoms with van der Waals surface area (Å²) in [5.74, 6) is 0. The zero-order valence-corrected chi connectivity index (χ0v) is 15.0. The van der Waals surface area contributed by atoms with Gasteiger partial charge < -0.3 is 10.1 Å². The minimum absolute atomic E-state index is 0.462. The molecule has 1 amide bonds. The third kappa shape index (κ3) is 5.25. The number of carbonyl (C=O) groups is 1. The Hall–Kier alpha value is -2.08. The molecule has 1 heterocycles. The third-order valence-corrected chi connectivity index (χ3v) is 4.07. The number of amides is 1. The molecule has 0 bridgehead atoms. The van der Waals surface area contributed by atoms with Crippen molar-refractivity contribution in [3.63, 3.8) is 0 Å². The molecule has 124 valence electrons. The molecule has 0 aliphatic carbocycles. The summed E-state index contributed by atoms with van der Waals surface area (Å²) in [6.45, 7) is 10.2. The Morgan fingerprint density at radius 3 is 2.43 bits per heavy atom. The second-order valence-corrected chi connectivity index (χ2v) is 7.56. The Bertz CT molecular complexity index is 689. The maximum absolute atomic E-state index is 11.9. The third-order valence-electron chi connectivity index (χ3n) is 3.00. The number of thiazole rings is 1. The molecule has 0 aliphatic heterocycles. The van der Waals surface area contributed by atoms with Crippen LogP contribution in [0.2, 0.25) is 0 Å². The van der Waals surface area contributed by atoms with E-state index in [-0.39, 0.29) is 0 Å². The summed E-state index contributed by atoms with van der Waals surface area (Å²) in [5, 5.41) is 7.19. The molecular formula is C17H23N3O2S. The van der Waals surface area contributed by atoms with E-state index >= 15 is 0 Å². The van der Waals surface area contributed by atoms with Gasteiger partial charge in [-0.05, 0) is 46.8 Å². The van der Waals surface area contributed by atoms with Crippen molar-refractivity contribution < 1.29 is 9.53 Å². The van der Waals surface area contributed by atoms with E-state index in [4.69, 9.17) is 4.74 Å². The zero-order valence-electron chi connectivity index (χ0n) is 14.2. The van der Waals surface area contributed by atoms with Crippen molar-refractivity contribution in [2.75, 3.05) is 10.6 Å². The van der Waals surface area contributed by atoms with Gasteiger partial charge in [0, 0.05) is 4.88 Å². The predicted molar refractivity (Wildman–Crippen MR) is 95.2 cm³/mol. The molecule has 2 aromatic rings. The van der Waals surface area contributed by atoms with Gasteiger partial charge in [-0.1, -0.05) is 12.1 Å². The molecule has 0 atom stereocenters. The standard InChI is InChI=1S/C17H23N3O2S/c1-11-15(23-12(2)19-11)10-18-13-8-6-7-9-14(13)20-16(21)22-17(3,4)5/h6-9,18H,10H2,1-5H3,(H,20,21). The number of hydrogen-bond donors (Lipinski definition) is 2. The van der Waals surface area contributed by atoms with Crippen molar-refractivity contribution in [2.24, 2.45) is 0 Å². The monoisotopic (exact) mass is 333 g/mol. The first-order valence-corrected chi connectivity index (χ1v) is 8.32. The zero-order chi connectivity index (χ0) is 17.0. The van der Waals surface area contributed by atoms with E-state index < -0.39 is 11.7 Å². The quantitative estimate of drug-likeness (QED) is 0.850. The van der Waals surface area contributed by atoms with Crippen molar-refractivity contribution in [2.45, 2.75) is 46.8 Å². The van der Waals surface area contributed by atoms with E-state index in [0.29, 0.717) is 12.2 Å². The number of nitrogens with zero attached hydrogens (tertiary/aromatic N) is 1. The highest BCUT2D eigenvalue weighted by Crippen LogP contribution is 2.24. The molecule has 23 heavy (non-hydrogen) atoms. The van der Waals surface area contributed by atoms with Gasteiger partial charge >= 0.3 is 6.09 Å². The lowest BCUT2D eigenvalue weighted by Crippen LogP contribution is -2.27. The first kappa shape index (κ1) is 17.3. The van der Waals surface area contributed by atoms with Gasteiger partial charge in [0.1, 0.15) is 5.60 Å². The fraction of sp³-hybridized carbons (Fsp3) is 0.412.